The highest BCUT2D eigenvalue weighted by molar-refractivity contribution is 5.92. The molecule has 1 aromatic rings. The summed E-state index contributed by atoms with van der Waals surface area (Å²) in [6.07, 6.45) is -0.779. The third kappa shape index (κ3) is 4.29. The summed E-state index contributed by atoms with van der Waals surface area (Å²) in [6, 6.07) is 5.81. The molecule has 1 heterocycles. The van der Waals surface area contributed by atoms with Crippen molar-refractivity contribution in [2.24, 2.45) is 5.73 Å². The summed E-state index contributed by atoms with van der Waals surface area (Å²) in [5.74, 6) is -0.605. The molecular weight excluding hydrogens is 282 g/mol. The van der Waals surface area contributed by atoms with Crippen LogP contribution in [0, 0.1) is 13.8 Å². The number of benzene rings is 1. The van der Waals surface area contributed by atoms with Crippen LogP contribution in [0.3, 0.4) is 0 Å². The highest BCUT2D eigenvalue weighted by Crippen LogP contribution is 2.15. The molecule has 2 rings (SSSR count). The second-order valence-corrected chi connectivity index (χ2v) is 5.88. The number of morpholine rings is 1. The molecular formula is C16H23N3O3. The van der Waals surface area contributed by atoms with E-state index in [-0.39, 0.29) is 18.6 Å². The van der Waals surface area contributed by atoms with Crippen LogP contribution in [0.1, 0.15) is 18.1 Å². The SMILES string of the molecule is Cc1ccc(NC(=O)CN2C[C@@H](C)O[C@@H](C(N)=O)C2)cc1C. The van der Waals surface area contributed by atoms with Crippen LogP contribution in [0.2, 0.25) is 0 Å². The molecule has 120 valence electrons. The van der Waals surface area contributed by atoms with Crippen LogP contribution in [0.25, 0.3) is 0 Å². The van der Waals surface area contributed by atoms with E-state index in [9.17, 15) is 9.59 Å². The number of aryl methyl sites for hydroxylation is 2. The van der Waals surface area contributed by atoms with Gasteiger partial charge in [0.2, 0.25) is 11.8 Å². The molecule has 1 aromatic carbocycles. The summed E-state index contributed by atoms with van der Waals surface area (Å²) >= 11 is 0. The highest BCUT2D eigenvalue weighted by atomic mass is 16.5. The minimum Gasteiger partial charge on any atom is -0.367 e. The van der Waals surface area contributed by atoms with Gasteiger partial charge >= 0.3 is 0 Å². The molecule has 6 nitrogen and oxygen atoms in total. The quantitative estimate of drug-likeness (QED) is 0.862. The van der Waals surface area contributed by atoms with Gasteiger partial charge in [-0.05, 0) is 44.0 Å². The first kappa shape index (κ1) is 16.5. The fraction of sp³-hybridized carbons (Fsp3) is 0.500. The Hall–Kier alpha value is -1.92. The highest BCUT2D eigenvalue weighted by Gasteiger charge is 2.29. The summed E-state index contributed by atoms with van der Waals surface area (Å²) in [5, 5.41) is 2.88. The van der Waals surface area contributed by atoms with Crippen molar-refractivity contribution < 1.29 is 14.3 Å². The monoisotopic (exact) mass is 305 g/mol. The molecule has 0 aliphatic carbocycles. The maximum Gasteiger partial charge on any atom is 0.247 e. The van der Waals surface area contributed by atoms with E-state index in [2.05, 4.69) is 5.32 Å². The van der Waals surface area contributed by atoms with Gasteiger partial charge in [0.1, 0.15) is 6.10 Å². The number of nitrogens with one attached hydrogen (secondary N) is 1. The number of nitrogens with zero attached hydrogens (tertiary/aromatic N) is 1. The van der Waals surface area contributed by atoms with Crippen molar-refractivity contribution in [2.45, 2.75) is 33.0 Å². The molecule has 22 heavy (non-hydrogen) atoms. The average Bonchev–Trinajstić information content (AvgIpc) is 2.42. The summed E-state index contributed by atoms with van der Waals surface area (Å²) in [6.45, 7) is 7.06. The molecule has 0 unspecified atom stereocenters. The fourth-order valence-electron chi connectivity index (χ4n) is 2.55. The molecule has 2 amide bonds. The van der Waals surface area contributed by atoms with E-state index in [1.807, 2.05) is 43.9 Å². The van der Waals surface area contributed by atoms with E-state index >= 15 is 0 Å². The first-order valence-corrected chi connectivity index (χ1v) is 7.39. The van der Waals surface area contributed by atoms with Gasteiger partial charge in [-0.25, -0.2) is 0 Å². The average molecular weight is 305 g/mol. The lowest BCUT2D eigenvalue weighted by molar-refractivity contribution is -0.144. The molecule has 1 fully saturated rings. The second kappa shape index (κ2) is 6.89. The Morgan fingerprint density at radius 2 is 2.05 bits per heavy atom. The lowest BCUT2D eigenvalue weighted by Crippen LogP contribution is -2.53. The summed E-state index contributed by atoms with van der Waals surface area (Å²) in [7, 11) is 0. The Kier molecular flexibility index (Phi) is 5.15. The van der Waals surface area contributed by atoms with E-state index < -0.39 is 12.0 Å². The number of amides is 2. The molecule has 2 atom stereocenters. The topological polar surface area (TPSA) is 84.7 Å². The lowest BCUT2D eigenvalue weighted by atomic mass is 10.1. The van der Waals surface area contributed by atoms with E-state index in [4.69, 9.17) is 10.5 Å². The number of hydrogen-bond donors (Lipinski definition) is 2. The third-order valence-corrected chi connectivity index (χ3v) is 3.81. The molecule has 3 N–H and O–H groups in total. The lowest BCUT2D eigenvalue weighted by Gasteiger charge is -2.34. The fourth-order valence-corrected chi connectivity index (χ4v) is 2.55. The second-order valence-electron chi connectivity index (χ2n) is 5.88. The van der Waals surface area contributed by atoms with Crippen LogP contribution in [-0.4, -0.2) is 48.6 Å². The van der Waals surface area contributed by atoms with Gasteiger partial charge in [0.15, 0.2) is 0 Å². The van der Waals surface area contributed by atoms with Crippen molar-refractivity contribution in [3.63, 3.8) is 0 Å². The van der Waals surface area contributed by atoms with Crippen LogP contribution in [0.4, 0.5) is 5.69 Å². The van der Waals surface area contributed by atoms with Gasteiger partial charge in [-0.1, -0.05) is 6.07 Å². The van der Waals surface area contributed by atoms with Crippen molar-refractivity contribution in [3.05, 3.63) is 29.3 Å². The molecule has 0 saturated carbocycles. The molecule has 0 spiro atoms. The first-order chi connectivity index (χ1) is 10.3. The van der Waals surface area contributed by atoms with Gasteiger partial charge in [-0.2, -0.15) is 0 Å². The summed E-state index contributed by atoms with van der Waals surface area (Å²) in [5.41, 5.74) is 8.38. The molecule has 1 aliphatic rings. The van der Waals surface area contributed by atoms with Crippen molar-refractivity contribution >= 4 is 17.5 Å². The maximum absolute atomic E-state index is 12.2. The normalized spacial score (nSPS) is 22.3. The van der Waals surface area contributed by atoms with Gasteiger partial charge in [0.25, 0.3) is 0 Å². The van der Waals surface area contributed by atoms with Gasteiger partial charge in [0.05, 0.1) is 12.6 Å². The van der Waals surface area contributed by atoms with Crippen molar-refractivity contribution in [1.29, 1.82) is 0 Å². The Morgan fingerprint density at radius 3 is 2.68 bits per heavy atom. The van der Waals surface area contributed by atoms with Crippen LogP contribution in [-0.2, 0) is 14.3 Å². The van der Waals surface area contributed by atoms with Gasteiger partial charge in [0, 0.05) is 18.8 Å². The zero-order valence-corrected chi connectivity index (χ0v) is 13.3. The Labute approximate surface area is 130 Å². The number of hydrogen-bond acceptors (Lipinski definition) is 4. The number of nitrogens with two attached hydrogens (primary N) is 1. The summed E-state index contributed by atoms with van der Waals surface area (Å²) in [4.78, 5) is 25.3. The minimum absolute atomic E-state index is 0.111. The van der Waals surface area contributed by atoms with Crippen molar-refractivity contribution in [2.75, 3.05) is 25.0 Å². The third-order valence-electron chi connectivity index (χ3n) is 3.81. The molecule has 1 saturated heterocycles. The van der Waals surface area contributed by atoms with Crippen molar-refractivity contribution in [3.8, 4) is 0 Å². The Bertz CT molecular complexity index is 574. The number of ether oxygens (including phenoxy) is 1. The van der Waals surface area contributed by atoms with Crippen LogP contribution < -0.4 is 11.1 Å². The number of anilines is 1. The molecule has 6 heteroatoms. The standard InChI is InChI=1S/C16H23N3O3/c1-10-4-5-13(6-11(10)2)18-15(20)9-19-7-12(3)22-14(8-19)16(17)21/h4-6,12,14H,7-9H2,1-3H3,(H2,17,21)(H,18,20)/t12-,14-/m1/s1. The number of primary amides is 1. The van der Waals surface area contributed by atoms with Crippen LogP contribution in [0.5, 0.6) is 0 Å². The van der Waals surface area contributed by atoms with Gasteiger partial charge < -0.3 is 15.8 Å². The molecule has 0 radical (unpaired) electrons. The van der Waals surface area contributed by atoms with Crippen LogP contribution >= 0.6 is 0 Å². The minimum atomic E-state index is -0.654. The maximum atomic E-state index is 12.2. The van der Waals surface area contributed by atoms with Gasteiger partial charge in [-0.3, -0.25) is 14.5 Å². The van der Waals surface area contributed by atoms with Crippen LogP contribution in [0.15, 0.2) is 18.2 Å². The van der Waals surface area contributed by atoms with E-state index in [1.54, 1.807) is 0 Å². The molecule has 0 aromatic heterocycles. The predicted octanol–water partition coefficient (Wildman–Crippen LogP) is 0.817. The number of carbonyl (C=O) groups is 2. The molecule has 1 aliphatic heterocycles. The Morgan fingerprint density at radius 1 is 1.32 bits per heavy atom. The smallest absolute Gasteiger partial charge is 0.247 e. The van der Waals surface area contributed by atoms with Gasteiger partial charge in [-0.15, -0.1) is 0 Å². The van der Waals surface area contributed by atoms with E-state index in [1.165, 1.54) is 5.56 Å². The zero-order chi connectivity index (χ0) is 16.3. The first-order valence-electron chi connectivity index (χ1n) is 7.39. The number of carbonyl (C=O) groups excluding carboxylic acids is 2. The van der Waals surface area contributed by atoms with E-state index in [0.717, 1.165) is 11.3 Å². The zero-order valence-electron chi connectivity index (χ0n) is 13.3. The number of rotatable bonds is 4. The van der Waals surface area contributed by atoms with E-state index in [0.29, 0.717) is 13.1 Å². The van der Waals surface area contributed by atoms with Crippen molar-refractivity contribution in [1.82, 2.24) is 4.90 Å². The largest absolute Gasteiger partial charge is 0.367 e. The Balaban J connectivity index is 1.93. The summed E-state index contributed by atoms with van der Waals surface area (Å²) < 4.78 is 5.46. The molecule has 0 bridgehead atoms. The predicted molar refractivity (Wildman–Crippen MR) is 84.5 cm³/mol.